The average Bonchev–Trinajstić information content (AvgIpc) is 3.71. The van der Waals surface area contributed by atoms with Gasteiger partial charge in [0, 0.05) is 45.9 Å². The second-order valence-electron chi connectivity index (χ2n) is 19.1. The van der Waals surface area contributed by atoms with Crippen LogP contribution < -0.4 is 0 Å². The fraction of sp³-hybridized carbons (Fsp3) is 0.614. The van der Waals surface area contributed by atoms with Gasteiger partial charge < -0.3 is 29.2 Å². The number of aromatic nitrogens is 1. The van der Waals surface area contributed by atoms with Crippen molar-refractivity contribution >= 4 is 33.2 Å². The molecule has 0 spiro atoms. The zero-order valence-electron chi connectivity index (χ0n) is 31.7. The van der Waals surface area contributed by atoms with Gasteiger partial charge in [0.05, 0.1) is 40.9 Å². The first-order chi connectivity index (χ1) is 23.9. The van der Waals surface area contributed by atoms with Crippen molar-refractivity contribution in [1.29, 1.82) is 0 Å². The number of nitrogens with zero attached hydrogens (tertiary/aromatic N) is 1. The van der Waals surface area contributed by atoms with Gasteiger partial charge in [-0.05, 0) is 137 Å². The quantitative estimate of drug-likeness (QED) is 0.253. The largest absolute Gasteiger partial charge is 0.505 e. The minimum absolute atomic E-state index is 0.105. The summed E-state index contributed by atoms with van der Waals surface area (Å²) in [4.78, 5) is 12.2. The number of hydrogen-bond donors (Lipinski definition) is 3. The van der Waals surface area contributed by atoms with E-state index in [-0.39, 0.29) is 45.7 Å². The normalized spacial score (nSPS) is 38.9. The van der Waals surface area contributed by atoms with E-state index in [2.05, 4.69) is 71.6 Å². The third-order valence-electron chi connectivity index (χ3n) is 15.5. The van der Waals surface area contributed by atoms with Gasteiger partial charge in [0.2, 0.25) is 0 Å². The summed E-state index contributed by atoms with van der Waals surface area (Å²) >= 11 is 0. The lowest BCUT2D eigenvalue weighted by Gasteiger charge is -2.65. The summed E-state index contributed by atoms with van der Waals surface area (Å²) in [6.07, 6.45) is 10.5. The van der Waals surface area contributed by atoms with Gasteiger partial charge in [-0.3, -0.25) is 4.79 Å². The molecular weight excluding hydrogens is 638 g/mol. The fourth-order valence-electron chi connectivity index (χ4n) is 13.3. The Morgan fingerprint density at radius 3 is 2.51 bits per heavy atom. The molecule has 9 atom stereocenters. The van der Waals surface area contributed by atoms with Crippen LogP contribution >= 0.6 is 0 Å². The molecule has 0 saturated heterocycles. The molecule has 2 aromatic heterocycles. The van der Waals surface area contributed by atoms with Crippen molar-refractivity contribution in [2.75, 3.05) is 0 Å². The first-order valence-corrected chi connectivity index (χ1v) is 19.3. The van der Waals surface area contributed by atoms with Gasteiger partial charge in [0.1, 0.15) is 11.9 Å². The summed E-state index contributed by atoms with van der Waals surface area (Å²) in [5.74, 6) is 0.755. The number of carbonyl (C=O) groups is 1. The third kappa shape index (κ3) is 4.09. The molecule has 51 heavy (non-hydrogen) atoms. The van der Waals surface area contributed by atoms with Crippen LogP contribution in [0.4, 0.5) is 0 Å². The van der Waals surface area contributed by atoms with Crippen LogP contribution in [0.15, 0.2) is 31.1 Å². The average molecular weight is 694 g/mol. The summed E-state index contributed by atoms with van der Waals surface area (Å²) in [6.45, 7) is 22.0. The topological polar surface area (TPSA) is 101 Å². The zero-order valence-corrected chi connectivity index (χ0v) is 31.7. The number of carbonyl (C=O) groups excluding carboxylic acids is 1. The minimum atomic E-state index is -0.819. The number of aromatic hydroxyl groups is 1. The number of rotatable bonds is 4. The lowest BCUT2D eigenvalue weighted by molar-refractivity contribution is -0.169. The molecule has 0 bridgehead atoms. The van der Waals surface area contributed by atoms with E-state index in [0.29, 0.717) is 12.3 Å². The Morgan fingerprint density at radius 2 is 1.80 bits per heavy atom. The second-order valence-corrected chi connectivity index (χ2v) is 19.1. The van der Waals surface area contributed by atoms with Crippen LogP contribution in [0.25, 0.3) is 27.4 Å². The fourth-order valence-corrected chi connectivity index (χ4v) is 13.3. The van der Waals surface area contributed by atoms with Crippen LogP contribution in [0.2, 0.25) is 0 Å². The van der Waals surface area contributed by atoms with Gasteiger partial charge in [-0.25, -0.2) is 0 Å². The van der Waals surface area contributed by atoms with Gasteiger partial charge in [-0.1, -0.05) is 27.4 Å². The van der Waals surface area contributed by atoms with Crippen LogP contribution in [0.1, 0.15) is 135 Å². The monoisotopic (exact) mass is 693 g/mol. The Morgan fingerprint density at radius 1 is 1.06 bits per heavy atom. The summed E-state index contributed by atoms with van der Waals surface area (Å²) in [7, 11) is 0. The van der Waals surface area contributed by atoms with Gasteiger partial charge in [0.15, 0.2) is 5.78 Å². The highest BCUT2D eigenvalue weighted by atomic mass is 16.5. The third-order valence-corrected chi connectivity index (χ3v) is 15.5. The Labute approximate surface area is 301 Å². The first kappa shape index (κ1) is 33.7. The maximum Gasteiger partial charge on any atom is 0.162 e. The number of benzene rings is 1. The van der Waals surface area contributed by atoms with Gasteiger partial charge in [-0.2, -0.15) is 0 Å². The molecule has 3 unspecified atom stereocenters. The van der Waals surface area contributed by atoms with Crippen molar-refractivity contribution < 1.29 is 29.6 Å². The van der Waals surface area contributed by atoms with E-state index in [1.54, 1.807) is 6.26 Å². The van der Waals surface area contributed by atoms with E-state index in [1.165, 1.54) is 22.7 Å². The van der Waals surface area contributed by atoms with Crippen molar-refractivity contribution in [3.8, 4) is 5.75 Å². The molecule has 7 heteroatoms. The van der Waals surface area contributed by atoms with Crippen molar-refractivity contribution in [1.82, 2.24) is 4.40 Å². The van der Waals surface area contributed by atoms with E-state index in [4.69, 9.17) is 9.47 Å². The molecule has 2 saturated carbocycles. The summed E-state index contributed by atoms with van der Waals surface area (Å²) in [6, 6.07) is 2.33. The number of allylic oxidation sites excluding steroid dienone is 2. The highest BCUT2D eigenvalue weighted by Crippen LogP contribution is 2.72. The number of ether oxygens (including phenoxy) is 2. The lowest BCUT2D eigenvalue weighted by atomic mass is 9.40. The van der Waals surface area contributed by atoms with Crippen LogP contribution in [-0.2, 0) is 26.1 Å². The predicted molar refractivity (Wildman–Crippen MR) is 200 cm³/mol. The van der Waals surface area contributed by atoms with Crippen LogP contribution in [0, 0.1) is 28.6 Å². The molecule has 9 rings (SSSR count). The molecule has 0 amide bonds. The molecule has 272 valence electrons. The number of ketones is 1. The van der Waals surface area contributed by atoms with Crippen molar-refractivity contribution in [2.24, 2.45) is 28.6 Å². The van der Waals surface area contributed by atoms with Gasteiger partial charge in [0.25, 0.3) is 0 Å². The number of aliphatic hydroxyl groups excluding tert-OH is 2. The maximum absolute atomic E-state index is 12.3. The van der Waals surface area contributed by atoms with Gasteiger partial charge >= 0.3 is 0 Å². The van der Waals surface area contributed by atoms with E-state index < -0.39 is 23.4 Å². The van der Waals surface area contributed by atoms with E-state index in [0.717, 1.165) is 83.8 Å². The second kappa shape index (κ2) is 10.3. The van der Waals surface area contributed by atoms with Crippen LogP contribution in [-0.4, -0.2) is 48.9 Å². The van der Waals surface area contributed by atoms with Crippen LogP contribution in [0.5, 0.6) is 5.75 Å². The number of fused-ring (bicyclic) bond motifs is 11. The highest BCUT2D eigenvalue weighted by Gasteiger charge is 2.67. The Kier molecular flexibility index (Phi) is 6.80. The van der Waals surface area contributed by atoms with E-state index in [1.807, 2.05) is 6.92 Å². The zero-order chi connectivity index (χ0) is 36.4. The van der Waals surface area contributed by atoms with Crippen LogP contribution in [0.3, 0.4) is 0 Å². The van der Waals surface area contributed by atoms with Crippen molar-refractivity contribution in [3.63, 3.8) is 0 Å². The number of aliphatic hydroxyl groups is 2. The molecular formula is C44H55NO6. The standard InChI is InChI=1S/C44H55NO6/c1-22(2)35-38(49)33-32-26(29-21-40(3,4)51-41(5,6)34(29)37(32)48)20-27-28-18-23-10-11-30-42(7,15-12-25-19-24(46)14-17-50-25)31(47)13-16-43(30,8)44(23,9)39(28)45(35)36(27)33/h14,17,20-21,23,25,30-31,34,37,47-49H,1,10-13,15-16,18-19H2,2-9H3/t23?,25?,30-,31-,34?,37+,42-,43-,44+/m0/s1. The molecule has 3 aromatic rings. The molecule has 2 fully saturated rings. The summed E-state index contributed by atoms with van der Waals surface area (Å²) in [5.41, 5.74) is 6.36. The molecule has 4 aliphatic carbocycles. The maximum atomic E-state index is 12.3. The molecule has 1 aromatic carbocycles. The summed E-state index contributed by atoms with van der Waals surface area (Å²) in [5, 5.41) is 38.3. The van der Waals surface area contributed by atoms with E-state index >= 15 is 0 Å². The summed E-state index contributed by atoms with van der Waals surface area (Å²) < 4.78 is 14.8. The van der Waals surface area contributed by atoms with E-state index in [9.17, 15) is 20.1 Å². The highest BCUT2D eigenvalue weighted by molar-refractivity contribution is 6.11. The first-order valence-electron chi connectivity index (χ1n) is 19.3. The lowest BCUT2D eigenvalue weighted by Crippen LogP contribution is -2.62. The molecule has 4 heterocycles. The molecule has 2 aliphatic heterocycles. The molecule has 0 radical (unpaired) electrons. The van der Waals surface area contributed by atoms with Crippen molar-refractivity contribution in [2.45, 2.75) is 142 Å². The smallest absolute Gasteiger partial charge is 0.162 e. The predicted octanol–water partition coefficient (Wildman–Crippen LogP) is 8.56. The number of hydrogen-bond acceptors (Lipinski definition) is 6. The Bertz CT molecular complexity index is 2100. The van der Waals surface area contributed by atoms with Gasteiger partial charge in [-0.15, -0.1) is 0 Å². The Balaban J connectivity index is 1.24. The van der Waals surface area contributed by atoms with Crippen molar-refractivity contribution in [3.05, 3.63) is 59.1 Å². The Hall–Kier alpha value is -3.13. The molecule has 7 nitrogen and oxygen atoms in total. The molecule has 3 N–H and O–H groups in total. The molecule has 6 aliphatic rings. The minimum Gasteiger partial charge on any atom is -0.505 e. The SMILES string of the molecule is C=C(C)c1c(O)c2c3c(cc4c5c(n1c42)[C@@]1(C)C(CC[C@H]2[C@](C)(CCC4CC(=O)C=CO4)[C@@H](O)CC[C@@]21C)C5)C1=CC(C)(C)OC(C)(C)C1[C@@H]3O.